The maximum atomic E-state index is 12.5. The predicted molar refractivity (Wildman–Crippen MR) is 80.5 cm³/mol. The lowest BCUT2D eigenvalue weighted by Crippen LogP contribution is -2.44. The van der Waals surface area contributed by atoms with Crippen LogP contribution in [0.5, 0.6) is 5.75 Å². The first-order valence-electron chi connectivity index (χ1n) is 6.67. The number of alkyl halides is 1. The molecule has 3 nitrogen and oxygen atoms in total. The molecule has 0 bridgehead atoms. The Balaban J connectivity index is 2.20. The molecular formula is C17H15ClO3. The molecule has 0 aromatic heterocycles. The molecule has 1 aliphatic rings. The molecule has 0 amide bonds. The Morgan fingerprint density at radius 1 is 1.19 bits per heavy atom. The minimum Gasteiger partial charge on any atom is -0.424 e. The molecule has 2 aromatic rings. The highest BCUT2D eigenvalue weighted by atomic mass is 35.5. The summed E-state index contributed by atoms with van der Waals surface area (Å²) in [4.78, 5) is 11.1. The standard InChI is InChI=1S/C17H15ClO3/c1-11-8-9-14-13(10-11)15(20-2)17(18,16(19)21-14)12-6-4-3-5-7-12/h3-10,15H,1-2H3. The second-order valence-electron chi connectivity index (χ2n) is 5.12. The molecule has 1 heterocycles. The fourth-order valence-corrected chi connectivity index (χ4v) is 3.07. The van der Waals surface area contributed by atoms with Crippen LogP contribution in [0.25, 0.3) is 0 Å². The maximum Gasteiger partial charge on any atom is 0.340 e. The van der Waals surface area contributed by atoms with Crippen molar-refractivity contribution in [1.82, 2.24) is 0 Å². The molecular weight excluding hydrogens is 288 g/mol. The normalized spacial score (nSPS) is 24.3. The number of hydrogen-bond donors (Lipinski definition) is 0. The Kier molecular flexibility index (Phi) is 3.47. The van der Waals surface area contributed by atoms with Crippen molar-refractivity contribution < 1.29 is 14.3 Å². The molecule has 4 heteroatoms. The highest BCUT2D eigenvalue weighted by Crippen LogP contribution is 2.50. The van der Waals surface area contributed by atoms with Gasteiger partial charge in [-0.05, 0) is 24.6 Å². The zero-order valence-corrected chi connectivity index (χ0v) is 12.6. The molecule has 3 rings (SSSR count). The Morgan fingerprint density at radius 3 is 2.57 bits per heavy atom. The average Bonchev–Trinajstić information content (AvgIpc) is 2.50. The van der Waals surface area contributed by atoms with Gasteiger partial charge >= 0.3 is 5.97 Å². The topological polar surface area (TPSA) is 35.5 Å². The van der Waals surface area contributed by atoms with Crippen molar-refractivity contribution >= 4 is 17.6 Å². The summed E-state index contributed by atoms with van der Waals surface area (Å²) in [5.41, 5.74) is 2.51. The minimum absolute atomic E-state index is 0.504. The molecule has 0 fully saturated rings. The maximum absolute atomic E-state index is 12.5. The van der Waals surface area contributed by atoms with Gasteiger partial charge in [-0.2, -0.15) is 0 Å². The van der Waals surface area contributed by atoms with Crippen LogP contribution in [0.4, 0.5) is 0 Å². The predicted octanol–water partition coefficient (Wildman–Crippen LogP) is 3.74. The number of carbonyl (C=O) groups excluding carboxylic acids is 1. The van der Waals surface area contributed by atoms with Gasteiger partial charge in [0, 0.05) is 12.7 Å². The Labute approximate surface area is 128 Å². The highest BCUT2D eigenvalue weighted by Gasteiger charge is 2.52. The van der Waals surface area contributed by atoms with E-state index in [1.54, 1.807) is 25.3 Å². The molecule has 1 aliphatic heterocycles. The number of esters is 1. The third-order valence-electron chi connectivity index (χ3n) is 3.74. The number of rotatable bonds is 2. The lowest BCUT2D eigenvalue weighted by atomic mass is 9.85. The summed E-state index contributed by atoms with van der Waals surface area (Å²) in [6, 6.07) is 14.8. The largest absolute Gasteiger partial charge is 0.424 e. The van der Waals surface area contributed by atoms with Crippen LogP contribution in [0, 0.1) is 6.92 Å². The van der Waals surface area contributed by atoms with Crippen LogP contribution in [-0.2, 0) is 14.4 Å². The number of hydrogen-bond acceptors (Lipinski definition) is 3. The number of aryl methyl sites for hydroxylation is 1. The number of carbonyl (C=O) groups is 1. The second kappa shape index (κ2) is 5.17. The smallest absolute Gasteiger partial charge is 0.340 e. The van der Waals surface area contributed by atoms with E-state index in [2.05, 4.69) is 0 Å². The fourth-order valence-electron chi connectivity index (χ4n) is 2.70. The molecule has 2 unspecified atom stereocenters. The SMILES string of the molecule is COC1c2cc(C)ccc2OC(=O)C1(Cl)c1ccccc1. The van der Waals surface area contributed by atoms with E-state index in [9.17, 15) is 4.79 Å². The van der Waals surface area contributed by atoms with Crippen LogP contribution in [0.15, 0.2) is 48.5 Å². The Hall–Kier alpha value is -1.84. The van der Waals surface area contributed by atoms with Gasteiger partial charge in [0.15, 0.2) is 4.87 Å². The molecule has 0 spiro atoms. The van der Waals surface area contributed by atoms with Crippen LogP contribution in [0.3, 0.4) is 0 Å². The van der Waals surface area contributed by atoms with Gasteiger partial charge in [-0.1, -0.05) is 53.6 Å². The van der Waals surface area contributed by atoms with Crippen molar-refractivity contribution in [2.24, 2.45) is 0 Å². The molecule has 0 saturated heterocycles. The van der Waals surface area contributed by atoms with Crippen LogP contribution >= 0.6 is 11.6 Å². The molecule has 0 saturated carbocycles. The Morgan fingerprint density at radius 2 is 1.90 bits per heavy atom. The van der Waals surface area contributed by atoms with Gasteiger partial charge in [-0.25, -0.2) is 4.79 Å². The molecule has 2 aromatic carbocycles. The van der Waals surface area contributed by atoms with Gasteiger partial charge in [0.25, 0.3) is 0 Å². The quantitative estimate of drug-likeness (QED) is 0.482. The van der Waals surface area contributed by atoms with Crippen molar-refractivity contribution in [2.75, 3.05) is 7.11 Å². The minimum atomic E-state index is -1.38. The second-order valence-corrected chi connectivity index (χ2v) is 5.72. The summed E-state index contributed by atoms with van der Waals surface area (Å²) < 4.78 is 11.0. The lowest BCUT2D eigenvalue weighted by Gasteiger charge is -2.37. The van der Waals surface area contributed by atoms with E-state index >= 15 is 0 Å². The van der Waals surface area contributed by atoms with E-state index in [4.69, 9.17) is 21.1 Å². The monoisotopic (exact) mass is 302 g/mol. The third-order valence-corrected chi connectivity index (χ3v) is 4.31. The van der Waals surface area contributed by atoms with E-state index in [0.717, 1.165) is 11.1 Å². The summed E-state index contributed by atoms with van der Waals surface area (Å²) >= 11 is 6.70. The molecule has 2 atom stereocenters. The van der Waals surface area contributed by atoms with E-state index in [0.29, 0.717) is 11.3 Å². The third kappa shape index (κ3) is 2.13. The van der Waals surface area contributed by atoms with Gasteiger partial charge < -0.3 is 9.47 Å². The van der Waals surface area contributed by atoms with E-state index in [1.165, 1.54) is 0 Å². The van der Waals surface area contributed by atoms with Crippen molar-refractivity contribution in [3.05, 3.63) is 65.2 Å². The highest BCUT2D eigenvalue weighted by molar-refractivity contribution is 6.35. The Bertz CT molecular complexity index is 684. The first-order chi connectivity index (χ1) is 10.1. The summed E-state index contributed by atoms with van der Waals surface area (Å²) in [5.74, 6) is -0.0109. The van der Waals surface area contributed by atoms with Crippen LogP contribution < -0.4 is 4.74 Å². The molecule has 21 heavy (non-hydrogen) atoms. The number of ether oxygens (including phenoxy) is 2. The van der Waals surface area contributed by atoms with Crippen LogP contribution in [-0.4, -0.2) is 13.1 Å². The molecule has 0 aliphatic carbocycles. The lowest BCUT2D eigenvalue weighted by molar-refractivity contribution is -0.144. The summed E-state index contributed by atoms with van der Waals surface area (Å²) in [7, 11) is 1.55. The van der Waals surface area contributed by atoms with Crippen molar-refractivity contribution in [3.63, 3.8) is 0 Å². The van der Waals surface area contributed by atoms with Gasteiger partial charge in [-0.15, -0.1) is 0 Å². The molecule has 108 valence electrons. The van der Waals surface area contributed by atoms with Crippen LogP contribution in [0.2, 0.25) is 0 Å². The van der Waals surface area contributed by atoms with Gasteiger partial charge in [0.1, 0.15) is 11.9 Å². The number of halogens is 1. The molecule has 0 N–H and O–H groups in total. The fraction of sp³-hybridized carbons (Fsp3) is 0.235. The van der Waals surface area contributed by atoms with Gasteiger partial charge in [0.05, 0.1) is 0 Å². The summed E-state index contributed by atoms with van der Waals surface area (Å²) in [6.07, 6.45) is -0.599. The summed E-state index contributed by atoms with van der Waals surface area (Å²) in [5, 5.41) is 0. The van der Waals surface area contributed by atoms with E-state index in [-0.39, 0.29) is 0 Å². The zero-order valence-electron chi connectivity index (χ0n) is 11.8. The van der Waals surface area contributed by atoms with Crippen molar-refractivity contribution in [2.45, 2.75) is 17.9 Å². The molecule has 0 radical (unpaired) electrons. The van der Waals surface area contributed by atoms with Crippen LogP contribution in [0.1, 0.15) is 22.8 Å². The average molecular weight is 303 g/mol. The number of methoxy groups -OCH3 is 1. The zero-order chi connectivity index (χ0) is 15.0. The first-order valence-corrected chi connectivity index (χ1v) is 7.05. The van der Waals surface area contributed by atoms with Crippen molar-refractivity contribution in [1.29, 1.82) is 0 Å². The van der Waals surface area contributed by atoms with Gasteiger partial charge in [-0.3, -0.25) is 0 Å². The van der Waals surface area contributed by atoms with E-state index < -0.39 is 16.9 Å². The van der Waals surface area contributed by atoms with Crippen molar-refractivity contribution in [3.8, 4) is 5.75 Å². The van der Waals surface area contributed by atoms with E-state index in [1.807, 2.05) is 37.3 Å². The first kappa shape index (κ1) is 14.1. The number of benzene rings is 2. The summed E-state index contributed by atoms with van der Waals surface area (Å²) in [6.45, 7) is 1.97. The van der Waals surface area contributed by atoms with Gasteiger partial charge in [0.2, 0.25) is 0 Å². The number of fused-ring (bicyclic) bond motifs is 1.